The number of rotatable bonds is 8. The molecule has 22 heavy (non-hydrogen) atoms. The smallest absolute Gasteiger partial charge is 0.220 e. The van der Waals surface area contributed by atoms with Gasteiger partial charge >= 0.3 is 0 Å². The van der Waals surface area contributed by atoms with E-state index in [0.29, 0.717) is 25.9 Å². The minimum Gasteiger partial charge on any atom is -0.356 e. The van der Waals surface area contributed by atoms with Crippen molar-refractivity contribution >= 4 is 11.8 Å². The lowest BCUT2D eigenvalue weighted by molar-refractivity contribution is -0.123. The van der Waals surface area contributed by atoms with Crippen LogP contribution in [0.3, 0.4) is 0 Å². The zero-order chi connectivity index (χ0) is 17.6. The molecule has 0 aliphatic rings. The van der Waals surface area contributed by atoms with Gasteiger partial charge in [-0.15, -0.1) is 0 Å². The molecule has 0 aromatic heterocycles. The molecule has 0 aliphatic heterocycles. The second-order valence-corrected chi connectivity index (χ2v) is 9.15. The molecule has 4 heteroatoms. The van der Waals surface area contributed by atoms with Crippen LogP contribution in [0.15, 0.2) is 0 Å². The molecule has 0 radical (unpaired) electrons. The van der Waals surface area contributed by atoms with Crippen LogP contribution in [0.4, 0.5) is 0 Å². The normalized spacial score (nSPS) is 12.9. The number of hydrogen-bond donors (Lipinski definition) is 2. The number of carbonyl (C=O) groups excluding carboxylic acids is 2. The maximum atomic E-state index is 12.0. The Kier molecular flexibility index (Phi) is 7.60. The fraction of sp³-hybridized carbons (Fsp3) is 0.889. The molecule has 0 spiro atoms. The van der Waals surface area contributed by atoms with Gasteiger partial charge in [-0.2, -0.15) is 0 Å². The monoisotopic (exact) mass is 312 g/mol. The van der Waals surface area contributed by atoms with E-state index >= 15 is 0 Å². The summed E-state index contributed by atoms with van der Waals surface area (Å²) in [7, 11) is 0. The van der Waals surface area contributed by atoms with Gasteiger partial charge in [0.15, 0.2) is 0 Å². The summed E-state index contributed by atoms with van der Waals surface area (Å²) in [6.07, 6.45) is 1.99. The zero-order valence-corrected chi connectivity index (χ0v) is 15.9. The molecular formula is C18H36N2O2. The van der Waals surface area contributed by atoms with Gasteiger partial charge in [0, 0.05) is 25.9 Å². The molecule has 0 atom stereocenters. The third-order valence-corrected chi connectivity index (χ3v) is 3.50. The molecule has 0 bridgehead atoms. The van der Waals surface area contributed by atoms with Crippen molar-refractivity contribution < 1.29 is 9.59 Å². The van der Waals surface area contributed by atoms with Crippen LogP contribution in [0, 0.1) is 16.2 Å². The highest BCUT2D eigenvalue weighted by Crippen LogP contribution is 2.32. The fourth-order valence-corrected chi connectivity index (χ4v) is 2.77. The van der Waals surface area contributed by atoms with E-state index in [9.17, 15) is 9.59 Å². The lowest BCUT2D eigenvalue weighted by atomic mass is 9.75. The van der Waals surface area contributed by atoms with Gasteiger partial charge in [-0.3, -0.25) is 9.59 Å². The maximum Gasteiger partial charge on any atom is 0.220 e. The molecule has 0 heterocycles. The van der Waals surface area contributed by atoms with E-state index in [2.05, 4.69) is 59.1 Å². The van der Waals surface area contributed by atoms with E-state index in [-0.39, 0.29) is 28.1 Å². The van der Waals surface area contributed by atoms with Gasteiger partial charge in [0.05, 0.1) is 0 Å². The Morgan fingerprint density at radius 2 is 1.18 bits per heavy atom. The van der Waals surface area contributed by atoms with Gasteiger partial charge in [0.1, 0.15) is 0 Å². The van der Waals surface area contributed by atoms with Gasteiger partial charge in [-0.25, -0.2) is 0 Å². The van der Waals surface area contributed by atoms with Crippen molar-refractivity contribution in [2.24, 2.45) is 16.2 Å². The first-order chi connectivity index (χ1) is 9.76. The van der Waals surface area contributed by atoms with Crippen molar-refractivity contribution in [2.45, 2.75) is 74.7 Å². The summed E-state index contributed by atoms with van der Waals surface area (Å²) in [6, 6.07) is 0. The van der Waals surface area contributed by atoms with Crippen LogP contribution >= 0.6 is 0 Å². The van der Waals surface area contributed by atoms with Crippen molar-refractivity contribution in [1.29, 1.82) is 0 Å². The topological polar surface area (TPSA) is 58.2 Å². The van der Waals surface area contributed by atoms with E-state index in [4.69, 9.17) is 0 Å². The number of hydrogen-bond acceptors (Lipinski definition) is 2. The molecule has 4 nitrogen and oxygen atoms in total. The lowest BCUT2D eigenvalue weighted by Crippen LogP contribution is -2.41. The van der Waals surface area contributed by atoms with Crippen molar-refractivity contribution in [3.05, 3.63) is 0 Å². The van der Waals surface area contributed by atoms with Gasteiger partial charge in [0.25, 0.3) is 0 Å². The number of carbonyl (C=O) groups is 2. The van der Waals surface area contributed by atoms with E-state index in [1.807, 2.05) is 6.92 Å². The molecule has 0 aliphatic carbocycles. The molecule has 0 aromatic carbocycles. The van der Waals surface area contributed by atoms with E-state index in [0.717, 1.165) is 6.42 Å². The molecule has 0 fully saturated rings. The van der Waals surface area contributed by atoms with Crippen molar-refractivity contribution in [1.82, 2.24) is 10.6 Å². The summed E-state index contributed by atoms with van der Waals surface area (Å²) in [5.41, 5.74) is 0.00893. The van der Waals surface area contributed by atoms with Crippen LogP contribution in [0.5, 0.6) is 0 Å². The quantitative estimate of drug-likeness (QED) is 0.720. The Balaban J connectivity index is 4.37. The predicted octanol–water partition coefficient (Wildman–Crippen LogP) is 3.51. The molecule has 0 saturated heterocycles. The molecule has 130 valence electrons. The van der Waals surface area contributed by atoms with Crippen molar-refractivity contribution in [2.75, 3.05) is 13.1 Å². The number of nitrogens with one attached hydrogen (secondary N) is 2. The second-order valence-electron chi connectivity index (χ2n) is 9.15. The first-order valence-corrected chi connectivity index (χ1v) is 8.30. The van der Waals surface area contributed by atoms with Crippen LogP contribution in [-0.4, -0.2) is 24.9 Å². The first-order valence-electron chi connectivity index (χ1n) is 8.30. The summed E-state index contributed by atoms with van der Waals surface area (Å²) in [4.78, 5) is 23.4. The minimum atomic E-state index is -0.00597. The molecule has 0 aromatic rings. The Morgan fingerprint density at radius 3 is 1.55 bits per heavy atom. The maximum absolute atomic E-state index is 12.0. The summed E-state index contributed by atoms with van der Waals surface area (Å²) in [5.74, 6) is 0.196. The average molecular weight is 312 g/mol. The van der Waals surface area contributed by atoms with Crippen LogP contribution in [0.1, 0.15) is 74.7 Å². The SMILES string of the molecule is CCC(=O)NCC(C)(C)CC(C)(C)CNC(=O)CC(C)(C)C. The zero-order valence-electron chi connectivity index (χ0n) is 15.9. The molecular weight excluding hydrogens is 276 g/mol. The van der Waals surface area contributed by atoms with E-state index < -0.39 is 0 Å². The standard InChI is InChI=1S/C18H36N2O2/c1-9-14(21)19-12-17(5,6)11-18(7,8)13-20-15(22)10-16(2,3)4/h9-13H2,1-8H3,(H,19,21)(H,20,22). The summed E-state index contributed by atoms with van der Waals surface area (Å²) in [5, 5.41) is 6.02. The highest BCUT2D eigenvalue weighted by molar-refractivity contribution is 5.76. The second kappa shape index (κ2) is 7.98. The van der Waals surface area contributed by atoms with Gasteiger partial charge in [-0.1, -0.05) is 55.4 Å². The Bertz CT molecular complexity index is 379. The Morgan fingerprint density at radius 1 is 0.773 bits per heavy atom. The molecule has 2 amide bonds. The van der Waals surface area contributed by atoms with Crippen LogP contribution in [0.2, 0.25) is 0 Å². The lowest BCUT2D eigenvalue weighted by Gasteiger charge is -2.35. The van der Waals surface area contributed by atoms with Crippen LogP contribution < -0.4 is 10.6 Å². The van der Waals surface area contributed by atoms with Crippen LogP contribution in [-0.2, 0) is 9.59 Å². The Labute approximate surface area is 136 Å². The van der Waals surface area contributed by atoms with Gasteiger partial charge in [-0.05, 0) is 22.7 Å². The Hall–Kier alpha value is -1.06. The average Bonchev–Trinajstić information content (AvgIpc) is 2.30. The van der Waals surface area contributed by atoms with E-state index in [1.165, 1.54) is 0 Å². The summed E-state index contributed by atoms with van der Waals surface area (Å²) < 4.78 is 0. The third-order valence-electron chi connectivity index (χ3n) is 3.50. The minimum absolute atomic E-state index is 0.00306. The first kappa shape index (κ1) is 20.9. The fourth-order valence-electron chi connectivity index (χ4n) is 2.77. The summed E-state index contributed by atoms with van der Waals surface area (Å²) in [6.45, 7) is 18.0. The van der Waals surface area contributed by atoms with Gasteiger partial charge in [0.2, 0.25) is 11.8 Å². The molecule has 2 N–H and O–H groups in total. The molecule has 0 saturated carbocycles. The highest BCUT2D eigenvalue weighted by Gasteiger charge is 2.29. The van der Waals surface area contributed by atoms with Gasteiger partial charge < -0.3 is 10.6 Å². The van der Waals surface area contributed by atoms with E-state index in [1.54, 1.807) is 0 Å². The molecule has 0 unspecified atom stereocenters. The number of amides is 2. The predicted molar refractivity (Wildman–Crippen MR) is 92.6 cm³/mol. The third kappa shape index (κ3) is 10.6. The largest absolute Gasteiger partial charge is 0.356 e. The summed E-state index contributed by atoms with van der Waals surface area (Å²) >= 11 is 0. The van der Waals surface area contributed by atoms with Crippen molar-refractivity contribution in [3.63, 3.8) is 0 Å². The van der Waals surface area contributed by atoms with Crippen molar-refractivity contribution in [3.8, 4) is 0 Å². The molecule has 0 rings (SSSR count). The highest BCUT2D eigenvalue weighted by atomic mass is 16.2. The van der Waals surface area contributed by atoms with Crippen LogP contribution in [0.25, 0.3) is 0 Å².